The second-order valence-corrected chi connectivity index (χ2v) is 8.46. The van der Waals surface area contributed by atoms with Crippen LogP contribution < -0.4 is 5.56 Å². The number of cyclic esters (lactones) is 1. The molecule has 0 spiro atoms. The number of hydrogen-bond donors (Lipinski definition) is 2. The summed E-state index contributed by atoms with van der Waals surface area (Å²) in [4.78, 5) is 32.5. The molecule has 1 unspecified atom stereocenters. The van der Waals surface area contributed by atoms with Gasteiger partial charge in [0.2, 0.25) is 0 Å². The van der Waals surface area contributed by atoms with Gasteiger partial charge in [0, 0.05) is 23.1 Å². The van der Waals surface area contributed by atoms with Gasteiger partial charge in [0.05, 0.1) is 29.0 Å². The van der Waals surface area contributed by atoms with Gasteiger partial charge in [-0.3, -0.25) is 4.79 Å². The summed E-state index contributed by atoms with van der Waals surface area (Å²) < 4.78 is 6.76. The van der Waals surface area contributed by atoms with Gasteiger partial charge < -0.3 is 24.4 Å². The molecule has 0 saturated carbocycles. The number of esters is 1. The predicted octanol–water partition coefficient (Wildman–Crippen LogP) is 1.85. The monoisotopic (exact) mass is 421 g/mol. The van der Waals surface area contributed by atoms with Crippen LogP contribution >= 0.6 is 0 Å². The molecular weight excluding hydrogens is 398 g/mol. The number of phenols is 1. The fourth-order valence-corrected chi connectivity index (χ4v) is 4.65. The molecular formula is C23H23N3O5. The fourth-order valence-electron chi connectivity index (χ4n) is 4.65. The number of phenolic OH excluding ortho intramolecular Hbond substituents is 1. The van der Waals surface area contributed by atoms with Crippen molar-refractivity contribution in [3.63, 3.8) is 0 Å². The minimum atomic E-state index is -1.85. The first-order chi connectivity index (χ1) is 14.7. The Hall–Kier alpha value is -3.23. The number of carbonyl (C=O) groups is 1. The highest BCUT2D eigenvalue weighted by atomic mass is 16.6. The van der Waals surface area contributed by atoms with Crippen LogP contribution in [0.15, 0.2) is 29.1 Å². The number of nitrogens with zero attached hydrogens (tertiary/aromatic N) is 3. The average Bonchev–Trinajstić information content (AvgIpc) is 3.10. The van der Waals surface area contributed by atoms with Crippen LogP contribution in [0.4, 0.5) is 0 Å². The number of pyridine rings is 2. The van der Waals surface area contributed by atoms with Crippen LogP contribution in [0.2, 0.25) is 0 Å². The number of carbonyl (C=O) groups excluding carboxylic acids is 1. The molecule has 160 valence electrons. The van der Waals surface area contributed by atoms with Gasteiger partial charge in [0.1, 0.15) is 12.4 Å². The van der Waals surface area contributed by atoms with Crippen LogP contribution in [0, 0.1) is 0 Å². The van der Waals surface area contributed by atoms with Crippen molar-refractivity contribution in [1.82, 2.24) is 14.5 Å². The van der Waals surface area contributed by atoms with Gasteiger partial charge in [-0.15, -0.1) is 0 Å². The SMILES string of the molecule is CCC1(O)C(=O)OCc2c1cc1n(c2=O)Cc2c-1nc1ccc(O)cc1c2CN(C)C. The lowest BCUT2D eigenvalue weighted by atomic mass is 9.86. The van der Waals surface area contributed by atoms with Crippen molar-refractivity contribution in [2.75, 3.05) is 14.1 Å². The van der Waals surface area contributed by atoms with Gasteiger partial charge in [0.25, 0.3) is 5.56 Å². The summed E-state index contributed by atoms with van der Waals surface area (Å²) in [5.41, 5.74) is 2.31. The highest BCUT2D eigenvalue weighted by Gasteiger charge is 2.45. The van der Waals surface area contributed by atoms with Gasteiger partial charge in [-0.05, 0) is 50.3 Å². The molecule has 0 saturated heterocycles. The second kappa shape index (κ2) is 6.63. The van der Waals surface area contributed by atoms with E-state index in [1.165, 1.54) is 0 Å². The quantitative estimate of drug-likeness (QED) is 0.487. The smallest absolute Gasteiger partial charge is 0.343 e. The van der Waals surface area contributed by atoms with Gasteiger partial charge in [-0.2, -0.15) is 0 Å². The van der Waals surface area contributed by atoms with Crippen molar-refractivity contribution < 1.29 is 19.7 Å². The normalized spacial score (nSPS) is 19.3. The Kier molecular flexibility index (Phi) is 4.22. The lowest BCUT2D eigenvalue weighted by molar-refractivity contribution is -0.172. The number of benzene rings is 1. The van der Waals surface area contributed by atoms with Crippen LogP contribution in [0.1, 0.15) is 35.6 Å². The van der Waals surface area contributed by atoms with E-state index in [0.29, 0.717) is 41.1 Å². The van der Waals surface area contributed by atoms with Crippen molar-refractivity contribution in [3.05, 3.63) is 56.9 Å². The maximum absolute atomic E-state index is 13.3. The molecule has 5 rings (SSSR count). The van der Waals surface area contributed by atoms with E-state index < -0.39 is 11.6 Å². The second-order valence-electron chi connectivity index (χ2n) is 8.46. The Morgan fingerprint density at radius 2 is 2.00 bits per heavy atom. The van der Waals surface area contributed by atoms with Crippen molar-refractivity contribution in [2.45, 2.75) is 38.6 Å². The van der Waals surface area contributed by atoms with E-state index in [-0.39, 0.29) is 24.3 Å². The molecule has 8 nitrogen and oxygen atoms in total. The Morgan fingerprint density at radius 1 is 1.23 bits per heavy atom. The van der Waals surface area contributed by atoms with E-state index in [9.17, 15) is 19.8 Å². The highest BCUT2D eigenvalue weighted by Crippen LogP contribution is 2.40. The topological polar surface area (TPSA) is 105 Å². The maximum Gasteiger partial charge on any atom is 0.343 e. The van der Waals surface area contributed by atoms with Crippen molar-refractivity contribution in [3.8, 4) is 17.1 Å². The fraction of sp³-hybridized carbons (Fsp3) is 0.348. The van der Waals surface area contributed by atoms with Crippen LogP contribution in [0.25, 0.3) is 22.3 Å². The van der Waals surface area contributed by atoms with E-state index in [0.717, 1.165) is 16.5 Å². The van der Waals surface area contributed by atoms with E-state index in [1.54, 1.807) is 35.8 Å². The zero-order valence-electron chi connectivity index (χ0n) is 17.6. The standard InChI is InChI=1S/C23H23N3O5/c1-4-23(30)17-8-19-20-15(10-26(19)21(28)16(17)11-31-22(23)29)14(9-25(2)3)13-7-12(27)5-6-18(13)24-20/h5-8,27,30H,4,9-11H2,1-3H3. The summed E-state index contributed by atoms with van der Waals surface area (Å²) in [6.07, 6.45) is 0.102. The highest BCUT2D eigenvalue weighted by molar-refractivity contribution is 5.89. The predicted molar refractivity (Wildman–Crippen MR) is 114 cm³/mol. The summed E-state index contributed by atoms with van der Waals surface area (Å²) in [7, 11) is 3.91. The van der Waals surface area contributed by atoms with Crippen molar-refractivity contribution >= 4 is 16.9 Å². The molecule has 8 heteroatoms. The van der Waals surface area contributed by atoms with Crippen LogP contribution in [0.5, 0.6) is 5.75 Å². The number of aromatic hydroxyl groups is 1. The number of rotatable bonds is 3. The van der Waals surface area contributed by atoms with Gasteiger partial charge in [-0.25, -0.2) is 9.78 Å². The van der Waals surface area contributed by atoms with Crippen LogP contribution in [-0.4, -0.2) is 44.7 Å². The first-order valence-electron chi connectivity index (χ1n) is 10.2. The average molecular weight is 421 g/mol. The Labute approximate surface area is 178 Å². The molecule has 2 aliphatic rings. The molecule has 0 bridgehead atoms. The third-order valence-electron chi connectivity index (χ3n) is 6.26. The van der Waals surface area contributed by atoms with Gasteiger partial charge in [-0.1, -0.05) is 6.92 Å². The van der Waals surface area contributed by atoms with Crippen molar-refractivity contribution in [1.29, 1.82) is 0 Å². The lowest BCUT2D eigenvalue weighted by Crippen LogP contribution is -2.44. The number of ether oxygens (including phenoxy) is 1. The molecule has 31 heavy (non-hydrogen) atoms. The minimum absolute atomic E-state index is 0.102. The van der Waals surface area contributed by atoms with Gasteiger partial charge in [0.15, 0.2) is 5.60 Å². The lowest BCUT2D eigenvalue weighted by Gasteiger charge is -2.31. The number of fused-ring (bicyclic) bond motifs is 5. The Balaban J connectivity index is 1.82. The summed E-state index contributed by atoms with van der Waals surface area (Å²) >= 11 is 0. The summed E-state index contributed by atoms with van der Waals surface area (Å²) in [5.74, 6) is -0.582. The van der Waals surface area contributed by atoms with Crippen molar-refractivity contribution in [2.24, 2.45) is 0 Å². The first-order valence-corrected chi connectivity index (χ1v) is 10.2. The van der Waals surface area contributed by atoms with E-state index in [1.807, 2.05) is 19.0 Å². The largest absolute Gasteiger partial charge is 0.508 e. The molecule has 0 aliphatic carbocycles. The zero-order valence-corrected chi connectivity index (χ0v) is 17.6. The molecule has 1 atom stereocenters. The summed E-state index contributed by atoms with van der Waals surface area (Å²) in [6, 6.07) is 6.75. The Bertz CT molecular complexity index is 1330. The minimum Gasteiger partial charge on any atom is -0.508 e. The molecule has 0 fully saturated rings. The molecule has 1 aromatic carbocycles. The summed E-state index contributed by atoms with van der Waals surface area (Å²) in [6.45, 7) is 2.47. The molecule has 4 heterocycles. The Morgan fingerprint density at radius 3 is 2.71 bits per heavy atom. The van der Waals surface area contributed by atoms with Crippen LogP contribution in [0.3, 0.4) is 0 Å². The zero-order chi connectivity index (χ0) is 22.1. The molecule has 2 aliphatic heterocycles. The van der Waals surface area contributed by atoms with Crippen LogP contribution in [-0.2, 0) is 34.8 Å². The van der Waals surface area contributed by atoms with Gasteiger partial charge >= 0.3 is 5.97 Å². The number of aliphatic hydroxyl groups is 1. The van der Waals surface area contributed by atoms with E-state index in [4.69, 9.17) is 9.72 Å². The molecule has 0 amide bonds. The molecule has 3 aromatic rings. The number of hydrogen-bond acceptors (Lipinski definition) is 7. The molecule has 2 aromatic heterocycles. The maximum atomic E-state index is 13.3. The third kappa shape index (κ3) is 2.72. The first kappa shape index (κ1) is 19.7. The van der Waals surface area contributed by atoms with E-state index >= 15 is 0 Å². The summed E-state index contributed by atoms with van der Waals surface area (Å²) in [5, 5.41) is 21.9. The van der Waals surface area contributed by atoms with E-state index in [2.05, 4.69) is 0 Å². The third-order valence-corrected chi connectivity index (χ3v) is 6.26. The number of aromatic nitrogens is 2. The molecule has 0 radical (unpaired) electrons. The molecule has 2 N–H and O–H groups in total.